The molecule has 0 N–H and O–H groups in total. The molecule has 206 valence electrons. The first kappa shape index (κ1) is 27.5. The van der Waals surface area contributed by atoms with Crippen LogP contribution in [0.3, 0.4) is 0 Å². The summed E-state index contributed by atoms with van der Waals surface area (Å²) in [5.74, 6) is 0.732. The highest BCUT2D eigenvalue weighted by Gasteiger charge is 2.43. The molecule has 12 nitrogen and oxygen atoms in total. The third-order valence-corrected chi connectivity index (χ3v) is 9.01. The summed E-state index contributed by atoms with van der Waals surface area (Å²) < 4.78 is 37.8. The van der Waals surface area contributed by atoms with Gasteiger partial charge in [0.15, 0.2) is 5.82 Å². The molecule has 3 heterocycles. The van der Waals surface area contributed by atoms with Crippen LogP contribution in [0.4, 0.5) is 10.6 Å². The summed E-state index contributed by atoms with van der Waals surface area (Å²) in [6.45, 7) is 4.65. The Hall–Kier alpha value is -2.51. The van der Waals surface area contributed by atoms with Gasteiger partial charge in [-0.15, -0.1) is 0 Å². The Bertz CT molecular complexity index is 1050. The summed E-state index contributed by atoms with van der Waals surface area (Å²) in [6, 6.07) is 0. The zero-order valence-electron chi connectivity index (χ0n) is 22.0. The lowest BCUT2D eigenvalue weighted by Gasteiger charge is -2.33. The number of carbonyl (C=O) groups excluding carboxylic acids is 2. The Morgan fingerprint density at radius 3 is 2.46 bits per heavy atom. The van der Waals surface area contributed by atoms with Crippen LogP contribution in [-0.2, 0) is 19.6 Å². The zero-order valence-corrected chi connectivity index (χ0v) is 22.8. The highest BCUT2D eigenvalue weighted by atomic mass is 32.2. The van der Waals surface area contributed by atoms with E-state index in [0.717, 1.165) is 25.7 Å². The highest BCUT2D eigenvalue weighted by molar-refractivity contribution is 7.89. The molecule has 0 radical (unpaired) electrons. The number of sulfonamides is 1. The molecule has 2 amide bonds. The molecule has 0 spiro atoms. The van der Waals surface area contributed by atoms with Crippen LogP contribution < -0.4 is 9.64 Å². The first-order valence-electron chi connectivity index (χ1n) is 12.9. The number of hydrogen-bond donors (Lipinski definition) is 0. The Labute approximate surface area is 219 Å². The van der Waals surface area contributed by atoms with Gasteiger partial charge < -0.3 is 19.3 Å². The molecule has 2 saturated heterocycles. The lowest BCUT2D eigenvalue weighted by molar-refractivity contribution is -0.120. The van der Waals surface area contributed by atoms with E-state index in [1.807, 2.05) is 25.9 Å². The van der Waals surface area contributed by atoms with Crippen molar-refractivity contribution in [2.24, 2.45) is 5.92 Å². The number of ether oxygens (including phenoxy) is 2. The van der Waals surface area contributed by atoms with Gasteiger partial charge in [0.1, 0.15) is 5.60 Å². The second-order valence-corrected chi connectivity index (χ2v) is 12.7. The van der Waals surface area contributed by atoms with Crippen molar-refractivity contribution in [2.45, 2.75) is 44.6 Å². The fourth-order valence-electron chi connectivity index (χ4n) is 4.39. The normalized spacial score (nSPS) is 20.8. The fraction of sp³-hybridized carbons (Fsp3) is 0.750. The largest absolute Gasteiger partial charge is 0.476 e. The van der Waals surface area contributed by atoms with E-state index >= 15 is 0 Å². The van der Waals surface area contributed by atoms with Crippen LogP contribution in [0.15, 0.2) is 12.4 Å². The minimum Gasteiger partial charge on any atom is -0.476 e. The van der Waals surface area contributed by atoms with Gasteiger partial charge in [-0.05, 0) is 65.6 Å². The second kappa shape index (κ2) is 11.5. The monoisotopic (exact) mass is 538 g/mol. The number of amides is 2. The van der Waals surface area contributed by atoms with Crippen molar-refractivity contribution in [3.63, 3.8) is 0 Å². The number of rotatable bonds is 10. The molecule has 3 fully saturated rings. The number of piperazine rings is 1. The van der Waals surface area contributed by atoms with Crippen LogP contribution in [0.25, 0.3) is 0 Å². The molecule has 1 saturated carbocycles. The lowest BCUT2D eigenvalue weighted by atomic mass is 9.98. The predicted octanol–water partition coefficient (Wildman–Crippen LogP) is 1.19. The van der Waals surface area contributed by atoms with E-state index < -0.39 is 10.0 Å². The molecule has 1 aliphatic carbocycles. The van der Waals surface area contributed by atoms with Gasteiger partial charge in [-0.25, -0.2) is 23.2 Å². The molecule has 2 aliphatic heterocycles. The van der Waals surface area contributed by atoms with E-state index in [-0.39, 0.29) is 43.0 Å². The number of nitrogens with zero attached hydrogens (tertiary/aromatic N) is 6. The Morgan fingerprint density at radius 1 is 1.14 bits per heavy atom. The first-order valence-corrected chi connectivity index (χ1v) is 14.5. The fourth-order valence-corrected chi connectivity index (χ4v) is 5.80. The number of hydrogen-bond acceptors (Lipinski definition) is 9. The standard InChI is InChI=1S/C24H38N6O6S/c1-24(7-8-24)36-23(32)28-10-5-19(6-11-28)18-35-21-16-25-20(15-26-21)30-13-12-29(17-22(30)31)37(33,34)14-4-9-27(2)3/h15-16,19H,4-14,17-18H2,1-3H3. The second-order valence-electron chi connectivity index (χ2n) is 10.6. The molecule has 4 rings (SSSR count). The van der Waals surface area contributed by atoms with Gasteiger partial charge in [0.25, 0.3) is 0 Å². The van der Waals surface area contributed by atoms with Crippen LogP contribution in [0.1, 0.15) is 39.0 Å². The molecule has 0 bridgehead atoms. The van der Waals surface area contributed by atoms with Gasteiger partial charge in [-0.3, -0.25) is 9.69 Å². The number of anilines is 1. The summed E-state index contributed by atoms with van der Waals surface area (Å²) in [4.78, 5) is 38.7. The van der Waals surface area contributed by atoms with E-state index in [1.54, 1.807) is 4.90 Å². The van der Waals surface area contributed by atoms with E-state index in [1.165, 1.54) is 21.6 Å². The Morgan fingerprint density at radius 2 is 1.86 bits per heavy atom. The number of aromatic nitrogens is 2. The number of piperidine rings is 1. The highest BCUT2D eigenvalue weighted by Crippen LogP contribution is 2.39. The van der Waals surface area contributed by atoms with Crippen molar-refractivity contribution < 1.29 is 27.5 Å². The molecule has 1 aromatic rings. The van der Waals surface area contributed by atoms with Crippen molar-refractivity contribution in [1.82, 2.24) is 24.1 Å². The first-order chi connectivity index (χ1) is 17.5. The molecule has 0 unspecified atom stereocenters. The zero-order chi connectivity index (χ0) is 26.6. The molecular weight excluding hydrogens is 500 g/mol. The van der Waals surface area contributed by atoms with Crippen LogP contribution in [0.2, 0.25) is 0 Å². The topological polar surface area (TPSA) is 125 Å². The minimum absolute atomic E-state index is 0.0207. The quantitative estimate of drug-likeness (QED) is 0.432. The molecule has 0 aromatic carbocycles. The van der Waals surface area contributed by atoms with Gasteiger partial charge in [0, 0.05) is 26.2 Å². The SMILES string of the molecule is CN(C)CCCS(=O)(=O)N1CCN(c2cnc(OCC3CCN(C(=O)OC4(C)CC4)CC3)cn2)C(=O)C1. The maximum atomic E-state index is 12.7. The van der Waals surface area contributed by atoms with Crippen LogP contribution in [-0.4, -0.2) is 116 Å². The molecule has 0 atom stereocenters. The van der Waals surface area contributed by atoms with Gasteiger partial charge in [0.2, 0.25) is 21.8 Å². The molecule has 37 heavy (non-hydrogen) atoms. The van der Waals surface area contributed by atoms with Gasteiger partial charge in [-0.1, -0.05) is 0 Å². The molecule has 3 aliphatic rings. The predicted molar refractivity (Wildman–Crippen MR) is 137 cm³/mol. The summed E-state index contributed by atoms with van der Waals surface area (Å²) in [6.07, 6.45) is 6.78. The Kier molecular flexibility index (Phi) is 8.54. The maximum absolute atomic E-state index is 12.7. The molecule has 13 heteroatoms. The van der Waals surface area contributed by atoms with E-state index in [2.05, 4.69) is 9.97 Å². The van der Waals surface area contributed by atoms with E-state index in [0.29, 0.717) is 50.3 Å². The molecule has 1 aromatic heterocycles. The number of likely N-dealkylation sites (tertiary alicyclic amines) is 1. The summed E-state index contributed by atoms with van der Waals surface area (Å²) >= 11 is 0. The van der Waals surface area contributed by atoms with Crippen molar-refractivity contribution in [3.8, 4) is 5.88 Å². The lowest BCUT2D eigenvalue weighted by Crippen LogP contribution is -2.53. The summed E-state index contributed by atoms with van der Waals surface area (Å²) in [7, 11) is 0.307. The van der Waals surface area contributed by atoms with Crippen molar-refractivity contribution in [3.05, 3.63) is 12.4 Å². The molecular formula is C24H38N6O6S. The Balaban J connectivity index is 1.20. The van der Waals surface area contributed by atoms with Crippen LogP contribution >= 0.6 is 0 Å². The average Bonchev–Trinajstić information content (AvgIpc) is 3.59. The maximum Gasteiger partial charge on any atom is 0.410 e. The van der Waals surface area contributed by atoms with E-state index in [9.17, 15) is 18.0 Å². The average molecular weight is 539 g/mol. The van der Waals surface area contributed by atoms with Crippen molar-refractivity contribution in [1.29, 1.82) is 0 Å². The smallest absolute Gasteiger partial charge is 0.410 e. The summed E-state index contributed by atoms with van der Waals surface area (Å²) in [5.41, 5.74) is -0.260. The third-order valence-electron chi connectivity index (χ3n) is 7.11. The third kappa shape index (κ3) is 7.51. The minimum atomic E-state index is -3.48. The van der Waals surface area contributed by atoms with Crippen molar-refractivity contribution >= 4 is 27.8 Å². The van der Waals surface area contributed by atoms with Gasteiger partial charge in [-0.2, -0.15) is 4.31 Å². The summed E-state index contributed by atoms with van der Waals surface area (Å²) in [5, 5.41) is 0. The van der Waals surface area contributed by atoms with E-state index in [4.69, 9.17) is 9.47 Å². The number of carbonyl (C=O) groups is 2. The van der Waals surface area contributed by atoms with Crippen molar-refractivity contribution in [2.75, 3.05) is 70.6 Å². The van der Waals surface area contributed by atoms with Gasteiger partial charge >= 0.3 is 6.09 Å². The van der Waals surface area contributed by atoms with Crippen LogP contribution in [0.5, 0.6) is 5.88 Å². The van der Waals surface area contributed by atoms with Crippen LogP contribution in [0, 0.1) is 5.92 Å². The van der Waals surface area contributed by atoms with Gasteiger partial charge in [0.05, 0.1) is 31.3 Å².